The average Bonchev–Trinajstić information content (AvgIpc) is 3.89. The van der Waals surface area contributed by atoms with E-state index in [1.54, 1.807) is 16.0 Å². The highest BCUT2D eigenvalue weighted by molar-refractivity contribution is 7.17. The third-order valence-electron chi connectivity index (χ3n) is 10.2. The van der Waals surface area contributed by atoms with Crippen LogP contribution in [0.15, 0.2) is 35.7 Å². The number of nitrogen functional groups attached to an aromatic ring is 1. The standard InChI is InChI=1S/C33H42N10S/c1-22-21-44-30-29(22)36-28(5-4-14-40-12-2-3-13-40)37-31(30)43-32(34)38-33(39-43)35-25-8-10-26(11-9-25)41-15-17-42(18-16-41)27-20-23-6-7-24(27)19-23/h4-5,8-11,21,23-24,27H,2-3,6-7,12-20H2,1H3,(H3,34,35,38,39)/t23?,24?,27-/m0/s1. The Bertz CT molecular complexity index is 1640. The van der Waals surface area contributed by atoms with Crippen molar-refractivity contribution in [2.24, 2.45) is 11.8 Å². The number of anilines is 4. The maximum atomic E-state index is 6.41. The number of fused-ring (bicyclic) bond motifs is 3. The van der Waals surface area contributed by atoms with Crippen molar-refractivity contribution in [1.82, 2.24) is 34.5 Å². The molecule has 0 radical (unpaired) electrons. The number of thiophene rings is 1. The molecule has 3 atom stereocenters. The van der Waals surface area contributed by atoms with Crippen molar-refractivity contribution >= 4 is 50.9 Å². The van der Waals surface area contributed by atoms with Gasteiger partial charge in [-0.3, -0.25) is 9.80 Å². The number of benzene rings is 1. The Balaban J connectivity index is 0.950. The number of nitrogens with zero attached hydrogens (tertiary/aromatic N) is 8. The molecule has 0 spiro atoms. The van der Waals surface area contributed by atoms with Crippen LogP contribution in [-0.2, 0) is 0 Å². The van der Waals surface area contributed by atoms with E-state index in [9.17, 15) is 0 Å². The first-order chi connectivity index (χ1) is 21.6. The van der Waals surface area contributed by atoms with Crippen molar-refractivity contribution < 1.29 is 0 Å². The van der Waals surface area contributed by atoms with Gasteiger partial charge < -0.3 is 16.0 Å². The molecule has 3 aromatic heterocycles. The first-order valence-electron chi connectivity index (χ1n) is 16.3. The number of nitrogens with two attached hydrogens (primary N) is 1. The van der Waals surface area contributed by atoms with Gasteiger partial charge in [-0.15, -0.1) is 16.4 Å². The van der Waals surface area contributed by atoms with Gasteiger partial charge in [0.05, 0.1) is 10.2 Å². The number of piperazine rings is 1. The first-order valence-corrected chi connectivity index (χ1v) is 17.2. The molecule has 44 heavy (non-hydrogen) atoms. The van der Waals surface area contributed by atoms with E-state index in [0.29, 0.717) is 17.6 Å². The van der Waals surface area contributed by atoms with Crippen molar-refractivity contribution in [1.29, 1.82) is 0 Å². The highest BCUT2D eigenvalue weighted by atomic mass is 32.1. The molecule has 11 heteroatoms. The third kappa shape index (κ3) is 5.46. The third-order valence-corrected chi connectivity index (χ3v) is 11.3. The van der Waals surface area contributed by atoms with Crippen LogP contribution in [0.1, 0.15) is 49.9 Å². The molecule has 4 aromatic rings. The molecule has 3 N–H and O–H groups in total. The van der Waals surface area contributed by atoms with Gasteiger partial charge in [0.15, 0.2) is 11.6 Å². The summed E-state index contributed by atoms with van der Waals surface area (Å²) in [4.78, 5) is 22.0. The van der Waals surface area contributed by atoms with Gasteiger partial charge in [0.1, 0.15) is 0 Å². The van der Waals surface area contributed by atoms with Crippen LogP contribution < -0.4 is 16.0 Å². The van der Waals surface area contributed by atoms with E-state index in [1.165, 1.54) is 57.3 Å². The van der Waals surface area contributed by atoms with Gasteiger partial charge in [-0.2, -0.15) is 9.67 Å². The topological polar surface area (TPSA) is 104 Å². The maximum absolute atomic E-state index is 6.41. The van der Waals surface area contributed by atoms with E-state index in [1.807, 2.05) is 6.08 Å². The second-order valence-electron chi connectivity index (χ2n) is 13.1. The van der Waals surface area contributed by atoms with Gasteiger partial charge in [0.25, 0.3) is 0 Å². The lowest BCUT2D eigenvalue weighted by Gasteiger charge is -2.41. The monoisotopic (exact) mass is 610 g/mol. The molecule has 4 aliphatic rings. The van der Waals surface area contributed by atoms with Crippen LogP contribution in [0.4, 0.5) is 23.3 Å². The van der Waals surface area contributed by atoms with Crippen molar-refractivity contribution in [3.8, 4) is 5.82 Å². The summed E-state index contributed by atoms with van der Waals surface area (Å²) in [5.41, 5.74) is 10.7. The van der Waals surface area contributed by atoms with E-state index >= 15 is 0 Å². The lowest BCUT2D eigenvalue weighted by molar-refractivity contribution is 0.135. The van der Waals surface area contributed by atoms with Crippen molar-refractivity contribution in [2.75, 3.05) is 61.8 Å². The van der Waals surface area contributed by atoms with Crippen LogP contribution in [0.25, 0.3) is 22.1 Å². The van der Waals surface area contributed by atoms with Gasteiger partial charge in [0.2, 0.25) is 11.9 Å². The minimum atomic E-state index is 0.288. The molecule has 4 fully saturated rings. The molecular weight excluding hydrogens is 569 g/mol. The van der Waals surface area contributed by atoms with Gasteiger partial charge in [0, 0.05) is 50.1 Å². The van der Waals surface area contributed by atoms with Gasteiger partial charge in [-0.25, -0.2) is 9.97 Å². The Morgan fingerprint density at radius 3 is 2.55 bits per heavy atom. The normalized spacial score (nSPS) is 24.4. The first kappa shape index (κ1) is 28.0. The zero-order valence-corrected chi connectivity index (χ0v) is 26.3. The Morgan fingerprint density at radius 2 is 1.80 bits per heavy atom. The van der Waals surface area contributed by atoms with Crippen LogP contribution >= 0.6 is 11.3 Å². The molecule has 2 saturated carbocycles. The Labute approximate surface area is 263 Å². The number of aromatic nitrogens is 5. The zero-order valence-electron chi connectivity index (χ0n) is 25.5. The molecule has 2 saturated heterocycles. The fourth-order valence-electron chi connectivity index (χ4n) is 7.91. The molecule has 8 rings (SSSR count). The summed E-state index contributed by atoms with van der Waals surface area (Å²) < 4.78 is 2.58. The molecular formula is C33H42N10S. The summed E-state index contributed by atoms with van der Waals surface area (Å²) in [6.07, 6.45) is 12.6. The zero-order chi connectivity index (χ0) is 29.6. The number of hydrogen-bond acceptors (Lipinski definition) is 10. The number of likely N-dealkylation sites (tertiary alicyclic amines) is 1. The Kier molecular flexibility index (Phi) is 7.47. The second kappa shape index (κ2) is 11.8. The number of rotatable bonds is 8. The number of hydrogen-bond donors (Lipinski definition) is 2. The van der Waals surface area contributed by atoms with E-state index in [2.05, 4.69) is 67.6 Å². The van der Waals surface area contributed by atoms with Crippen LogP contribution in [0, 0.1) is 18.8 Å². The molecule has 1 aromatic carbocycles. The van der Waals surface area contributed by atoms with E-state index in [-0.39, 0.29) is 5.95 Å². The molecule has 2 aliphatic carbocycles. The fraction of sp³-hybridized carbons (Fsp3) is 0.515. The summed E-state index contributed by atoms with van der Waals surface area (Å²) in [7, 11) is 0. The number of aryl methyl sites for hydroxylation is 1. The highest BCUT2D eigenvalue weighted by Gasteiger charge is 2.42. The quantitative estimate of drug-likeness (QED) is 0.274. The highest BCUT2D eigenvalue weighted by Crippen LogP contribution is 2.46. The Morgan fingerprint density at radius 1 is 0.977 bits per heavy atom. The molecule has 10 nitrogen and oxygen atoms in total. The molecule has 2 unspecified atom stereocenters. The van der Waals surface area contributed by atoms with Crippen LogP contribution in [0.5, 0.6) is 0 Å². The summed E-state index contributed by atoms with van der Waals surface area (Å²) in [6, 6.07) is 9.43. The van der Waals surface area contributed by atoms with Crippen LogP contribution in [0.2, 0.25) is 0 Å². The largest absolute Gasteiger partial charge is 0.369 e. The maximum Gasteiger partial charge on any atom is 0.248 e. The van der Waals surface area contributed by atoms with Crippen molar-refractivity contribution in [2.45, 2.75) is 51.5 Å². The van der Waals surface area contributed by atoms with E-state index in [4.69, 9.17) is 20.8 Å². The smallest absolute Gasteiger partial charge is 0.248 e. The van der Waals surface area contributed by atoms with Gasteiger partial charge in [-0.1, -0.05) is 12.5 Å². The molecule has 2 bridgehead atoms. The summed E-state index contributed by atoms with van der Waals surface area (Å²) >= 11 is 1.61. The molecule has 0 amide bonds. The molecule has 230 valence electrons. The SMILES string of the molecule is Cc1csc2c(-n3nc(Nc4ccc(N5CCN([C@H]6CC7CCC6C7)CC5)cc4)nc3N)nc(C=CCN3CCCC3)nc12. The summed E-state index contributed by atoms with van der Waals surface area (Å²) in [6.45, 7) is 9.83. The lowest BCUT2D eigenvalue weighted by atomic mass is 9.93. The molecule has 5 heterocycles. The Hall–Kier alpha value is -3.54. The lowest BCUT2D eigenvalue weighted by Crippen LogP contribution is -2.51. The van der Waals surface area contributed by atoms with Crippen molar-refractivity contribution in [3.05, 3.63) is 47.1 Å². The van der Waals surface area contributed by atoms with E-state index < -0.39 is 0 Å². The predicted octanol–water partition coefficient (Wildman–Crippen LogP) is 5.33. The predicted molar refractivity (Wildman–Crippen MR) is 179 cm³/mol. The van der Waals surface area contributed by atoms with Crippen LogP contribution in [-0.4, -0.2) is 86.4 Å². The number of nitrogens with one attached hydrogen (secondary N) is 1. The van der Waals surface area contributed by atoms with Gasteiger partial charge in [-0.05, 0) is 105 Å². The summed E-state index contributed by atoms with van der Waals surface area (Å²) in [5.74, 6) is 4.01. The van der Waals surface area contributed by atoms with Gasteiger partial charge >= 0.3 is 0 Å². The van der Waals surface area contributed by atoms with E-state index in [0.717, 1.165) is 72.1 Å². The summed E-state index contributed by atoms with van der Waals surface area (Å²) in [5, 5.41) is 10.2. The van der Waals surface area contributed by atoms with Crippen molar-refractivity contribution in [3.63, 3.8) is 0 Å². The minimum absolute atomic E-state index is 0.288. The van der Waals surface area contributed by atoms with Crippen LogP contribution in [0.3, 0.4) is 0 Å². The minimum Gasteiger partial charge on any atom is -0.369 e. The molecule has 2 aliphatic heterocycles. The second-order valence-corrected chi connectivity index (χ2v) is 13.9. The fourth-order valence-corrected chi connectivity index (χ4v) is 8.87. The average molecular weight is 611 g/mol.